The fourth-order valence-corrected chi connectivity index (χ4v) is 2.72. The molecular weight excluding hydrogens is 260 g/mol. The van der Waals surface area contributed by atoms with Crippen molar-refractivity contribution in [2.24, 2.45) is 10.9 Å². The van der Waals surface area contributed by atoms with Gasteiger partial charge in [0.1, 0.15) is 0 Å². The number of fused-ring (bicyclic) bond motifs is 1. The second kappa shape index (κ2) is 4.74. The first-order valence-corrected chi connectivity index (χ1v) is 6.60. The SMILES string of the molecule is N/C(=N/O)c1cccc2c1ccn2Cc1cncs1. The maximum absolute atomic E-state index is 8.81. The van der Waals surface area contributed by atoms with Gasteiger partial charge in [-0.05, 0) is 12.1 Å². The van der Waals surface area contributed by atoms with Crippen LogP contribution in [0.2, 0.25) is 0 Å². The number of oxime groups is 1. The van der Waals surface area contributed by atoms with Crippen molar-refractivity contribution in [3.05, 3.63) is 52.6 Å². The standard InChI is InChI=1S/C13H12N4OS/c14-13(16-18)11-2-1-3-12-10(11)4-5-17(12)7-9-6-15-8-19-9/h1-6,8,18H,7H2,(H2,14,16). The van der Waals surface area contributed by atoms with Gasteiger partial charge in [-0.15, -0.1) is 11.3 Å². The summed E-state index contributed by atoms with van der Waals surface area (Å²) in [6.45, 7) is 0.772. The highest BCUT2D eigenvalue weighted by Gasteiger charge is 2.09. The van der Waals surface area contributed by atoms with Crippen molar-refractivity contribution in [2.75, 3.05) is 0 Å². The molecule has 0 saturated heterocycles. The molecule has 0 saturated carbocycles. The van der Waals surface area contributed by atoms with E-state index in [-0.39, 0.29) is 5.84 Å². The van der Waals surface area contributed by atoms with E-state index in [9.17, 15) is 0 Å². The molecule has 0 aliphatic carbocycles. The largest absolute Gasteiger partial charge is 0.409 e. The van der Waals surface area contributed by atoms with Gasteiger partial charge in [0.05, 0.1) is 12.1 Å². The van der Waals surface area contributed by atoms with Gasteiger partial charge in [0, 0.05) is 33.7 Å². The smallest absolute Gasteiger partial charge is 0.170 e. The topological polar surface area (TPSA) is 76.4 Å². The molecule has 3 N–H and O–H groups in total. The van der Waals surface area contributed by atoms with Crippen molar-refractivity contribution >= 4 is 28.1 Å². The Morgan fingerprint density at radius 3 is 3.05 bits per heavy atom. The Morgan fingerprint density at radius 1 is 1.42 bits per heavy atom. The van der Waals surface area contributed by atoms with Gasteiger partial charge >= 0.3 is 0 Å². The summed E-state index contributed by atoms with van der Waals surface area (Å²) in [5, 5.41) is 12.9. The monoisotopic (exact) mass is 272 g/mol. The molecular formula is C13H12N4OS. The van der Waals surface area contributed by atoms with Crippen molar-refractivity contribution in [1.82, 2.24) is 9.55 Å². The van der Waals surface area contributed by atoms with Gasteiger partial charge in [0.25, 0.3) is 0 Å². The van der Waals surface area contributed by atoms with Crippen LogP contribution >= 0.6 is 11.3 Å². The molecule has 0 fully saturated rings. The zero-order valence-corrected chi connectivity index (χ0v) is 10.8. The van der Waals surface area contributed by atoms with E-state index in [2.05, 4.69) is 14.7 Å². The quantitative estimate of drug-likeness (QED) is 0.332. The third-order valence-electron chi connectivity index (χ3n) is 3.01. The molecule has 0 unspecified atom stereocenters. The lowest BCUT2D eigenvalue weighted by atomic mass is 10.1. The predicted molar refractivity (Wildman–Crippen MR) is 75.7 cm³/mol. The van der Waals surface area contributed by atoms with Gasteiger partial charge < -0.3 is 15.5 Å². The van der Waals surface area contributed by atoms with E-state index in [1.165, 1.54) is 4.88 Å². The van der Waals surface area contributed by atoms with Crippen molar-refractivity contribution in [1.29, 1.82) is 0 Å². The van der Waals surface area contributed by atoms with E-state index in [1.54, 1.807) is 11.3 Å². The fourth-order valence-electron chi connectivity index (χ4n) is 2.13. The molecule has 3 rings (SSSR count). The number of amidine groups is 1. The summed E-state index contributed by atoms with van der Waals surface area (Å²) in [5.74, 6) is 0.126. The van der Waals surface area contributed by atoms with Gasteiger partial charge in [-0.3, -0.25) is 4.98 Å². The van der Waals surface area contributed by atoms with Gasteiger partial charge in [-0.2, -0.15) is 0 Å². The van der Waals surface area contributed by atoms with E-state index >= 15 is 0 Å². The highest BCUT2D eigenvalue weighted by atomic mass is 32.1. The van der Waals surface area contributed by atoms with Crippen molar-refractivity contribution in [3.8, 4) is 0 Å². The minimum absolute atomic E-state index is 0.126. The molecule has 0 atom stereocenters. The number of nitrogens with two attached hydrogens (primary N) is 1. The highest BCUT2D eigenvalue weighted by Crippen LogP contribution is 2.22. The summed E-state index contributed by atoms with van der Waals surface area (Å²) < 4.78 is 2.12. The molecule has 0 aliphatic heterocycles. The molecule has 0 bridgehead atoms. The Morgan fingerprint density at radius 2 is 2.32 bits per heavy atom. The number of hydrogen-bond acceptors (Lipinski definition) is 4. The maximum atomic E-state index is 8.81. The van der Waals surface area contributed by atoms with E-state index in [0.29, 0.717) is 0 Å². The highest BCUT2D eigenvalue weighted by molar-refractivity contribution is 7.09. The van der Waals surface area contributed by atoms with Gasteiger partial charge in [0.2, 0.25) is 0 Å². The Hall–Kier alpha value is -2.34. The third-order valence-corrected chi connectivity index (χ3v) is 3.77. The van der Waals surface area contributed by atoms with Crippen LogP contribution in [0, 0.1) is 0 Å². The predicted octanol–water partition coefficient (Wildman–Crippen LogP) is 2.24. The fraction of sp³-hybridized carbons (Fsp3) is 0.0769. The lowest BCUT2D eigenvalue weighted by molar-refractivity contribution is 0.318. The Bertz CT molecular complexity index is 730. The Labute approximate surface area is 113 Å². The number of benzene rings is 1. The molecule has 2 aromatic heterocycles. The van der Waals surface area contributed by atoms with Crippen LogP contribution in [-0.4, -0.2) is 20.6 Å². The van der Waals surface area contributed by atoms with Gasteiger partial charge in [-0.1, -0.05) is 17.3 Å². The van der Waals surface area contributed by atoms with Crippen LogP contribution in [0.25, 0.3) is 10.9 Å². The first kappa shape index (κ1) is 11.7. The third kappa shape index (κ3) is 2.06. The van der Waals surface area contributed by atoms with Crippen molar-refractivity contribution in [3.63, 3.8) is 0 Å². The molecule has 1 aromatic carbocycles. The summed E-state index contributed by atoms with van der Waals surface area (Å²) in [6, 6.07) is 7.74. The molecule has 5 nitrogen and oxygen atoms in total. The second-order valence-electron chi connectivity index (χ2n) is 4.13. The van der Waals surface area contributed by atoms with E-state index in [1.807, 2.05) is 42.2 Å². The molecule has 2 heterocycles. The first-order valence-electron chi connectivity index (χ1n) is 5.72. The van der Waals surface area contributed by atoms with Crippen LogP contribution in [-0.2, 0) is 6.54 Å². The van der Waals surface area contributed by atoms with Gasteiger partial charge in [-0.25, -0.2) is 0 Å². The van der Waals surface area contributed by atoms with Crippen molar-refractivity contribution < 1.29 is 5.21 Å². The van der Waals surface area contributed by atoms with E-state index in [4.69, 9.17) is 10.9 Å². The average molecular weight is 272 g/mol. The van der Waals surface area contributed by atoms with Crippen LogP contribution < -0.4 is 5.73 Å². The number of hydrogen-bond donors (Lipinski definition) is 2. The molecule has 0 aliphatic rings. The van der Waals surface area contributed by atoms with Crippen LogP contribution in [0.4, 0.5) is 0 Å². The Kier molecular flexibility index (Phi) is 2.92. The number of nitrogens with zero attached hydrogens (tertiary/aromatic N) is 3. The molecule has 6 heteroatoms. The Balaban J connectivity index is 2.09. The lowest BCUT2D eigenvalue weighted by Crippen LogP contribution is -2.13. The minimum Gasteiger partial charge on any atom is -0.409 e. The van der Waals surface area contributed by atoms with Crippen LogP contribution in [0.3, 0.4) is 0 Å². The van der Waals surface area contributed by atoms with Crippen LogP contribution in [0.5, 0.6) is 0 Å². The average Bonchev–Trinajstić information content (AvgIpc) is 3.08. The maximum Gasteiger partial charge on any atom is 0.170 e. The zero-order chi connectivity index (χ0) is 13.2. The van der Waals surface area contributed by atoms with E-state index < -0.39 is 0 Å². The second-order valence-corrected chi connectivity index (χ2v) is 5.11. The molecule has 3 aromatic rings. The summed E-state index contributed by atoms with van der Waals surface area (Å²) in [4.78, 5) is 5.26. The molecule has 0 radical (unpaired) electrons. The van der Waals surface area contributed by atoms with Crippen LogP contribution in [0.1, 0.15) is 10.4 Å². The van der Waals surface area contributed by atoms with Crippen molar-refractivity contribution in [2.45, 2.75) is 6.54 Å². The van der Waals surface area contributed by atoms with Crippen LogP contribution in [0.15, 0.2) is 47.3 Å². The number of rotatable bonds is 3. The summed E-state index contributed by atoms with van der Waals surface area (Å²) in [7, 11) is 0. The minimum atomic E-state index is 0.126. The lowest BCUT2D eigenvalue weighted by Gasteiger charge is -2.05. The molecule has 19 heavy (non-hydrogen) atoms. The molecule has 96 valence electrons. The summed E-state index contributed by atoms with van der Waals surface area (Å²) in [5.41, 5.74) is 9.30. The number of aromatic nitrogens is 2. The number of thiazole rings is 1. The summed E-state index contributed by atoms with van der Waals surface area (Å²) >= 11 is 1.62. The normalized spacial score (nSPS) is 12.1. The zero-order valence-electron chi connectivity index (χ0n) is 10.0. The first-order chi connectivity index (χ1) is 9.29. The van der Waals surface area contributed by atoms with E-state index in [0.717, 1.165) is 23.0 Å². The van der Waals surface area contributed by atoms with Gasteiger partial charge in [0.15, 0.2) is 5.84 Å². The molecule has 0 amide bonds. The summed E-state index contributed by atoms with van der Waals surface area (Å²) in [6.07, 6.45) is 3.86. The molecule has 0 spiro atoms.